The van der Waals surface area contributed by atoms with Gasteiger partial charge in [-0.2, -0.15) is 11.3 Å². The lowest BCUT2D eigenvalue weighted by atomic mass is 10.1. The third kappa shape index (κ3) is 3.91. The van der Waals surface area contributed by atoms with Gasteiger partial charge in [-0.15, -0.1) is 0 Å². The predicted molar refractivity (Wildman–Crippen MR) is 97.7 cm³/mol. The first-order valence-corrected chi connectivity index (χ1v) is 9.14. The van der Waals surface area contributed by atoms with E-state index in [1.165, 1.54) is 29.5 Å². The number of likely N-dealkylation sites (tertiary alicyclic amines) is 1. The molecule has 0 unspecified atom stereocenters. The van der Waals surface area contributed by atoms with Crippen LogP contribution in [0.4, 0.5) is 15.8 Å². The zero-order valence-corrected chi connectivity index (χ0v) is 14.9. The molecule has 3 rings (SSSR count). The highest BCUT2D eigenvalue weighted by Gasteiger charge is 2.33. The van der Waals surface area contributed by atoms with E-state index < -0.39 is 17.6 Å². The number of nitrogens with zero attached hydrogens (tertiary/aromatic N) is 1. The maximum atomic E-state index is 14.0. The molecule has 26 heavy (non-hydrogen) atoms. The van der Waals surface area contributed by atoms with E-state index in [2.05, 4.69) is 10.6 Å². The number of nitrogens with one attached hydrogen (secondary N) is 2. The minimum Gasteiger partial charge on any atom is -0.342 e. The standard InChI is InChI=1S/C18H18FN3O3S/c1-2-22-9-12(7-16(22)23)18(25)20-13-3-4-14(19)15(8-13)21-17(24)11-5-6-26-10-11/h3-6,8,10,12H,2,7,9H2,1H3,(H,20,25)(H,21,24)/t12-/m1/s1. The van der Waals surface area contributed by atoms with Gasteiger partial charge >= 0.3 is 0 Å². The van der Waals surface area contributed by atoms with Crippen LogP contribution in [0.5, 0.6) is 0 Å². The van der Waals surface area contributed by atoms with E-state index in [1.807, 2.05) is 6.92 Å². The molecule has 8 heteroatoms. The molecule has 1 aliphatic heterocycles. The first-order chi connectivity index (χ1) is 12.5. The van der Waals surface area contributed by atoms with Crippen molar-refractivity contribution in [2.75, 3.05) is 23.7 Å². The topological polar surface area (TPSA) is 78.5 Å². The summed E-state index contributed by atoms with van der Waals surface area (Å²) in [5.41, 5.74) is 0.782. The number of thiophene rings is 1. The molecule has 136 valence electrons. The molecule has 0 saturated carbocycles. The summed E-state index contributed by atoms with van der Waals surface area (Å²) in [5.74, 6) is -1.80. The second-order valence-electron chi connectivity index (χ2n) is 5.98. The van der Waals surface area contributed by atoms with Gasteiger partial charge in [-0.1, -0.05) is 0 Å². The third-order valence-corrected chi connectivity index (χ3v) is 4.92. The Morgan fingerprint density at radius 2 is 2.12 bits per heavy atom. The Bertz CT molecular complexity index is 838. The van der Waals surface area contributed by atoms with Crippen molar-refractivity contribution in [1.82, 2.24) is 4.90 Å². The molecular weight excluding hydrogens is 357 g/mol. The molecule has 0 bridgehead atoms. The lowest BCUT2D eigenvalue weighted by Gasteiger charge is -2.14. The minimum absolute atomic E-state index is 0.0170. The van der Waals surface area contributed by atoms with Crippen LogP contribution in [0.25, 0.3) is 0 Å². The van der Waals surface area contributed by atoms with Crippen molar-refractivity contribution in [3.63, 3.8) is 0 Å². The molecule has 0 spiro atoms. The first-order valence-electron chi connectivity index (χ1n) is 8.19. The fourth-order valence-corrected chi connectivity index (χ4v) is 3.42. The molecule has 2 heterocycles. The molecule has 1 aromatic heterocycles. The van der Waals surface area contributed by atoms with Gasteiger partial charge < -0.3 is 15.5 Å². The highest BCUT2D eigenvalue weighted by Crippen LogP contribution is 2.23. The van der Waals surface area contributed by atoms with E-state index in [0.29, 0.717) is 24.3 Å². The largest absolute Gasteiger partial charge is 0.342 e. The Labute approximate surface area is 154 Å². The quantitative estimate of drug-likeness (QED) is 0.843. The lowest BCUT2D eigenvalue weighted by Crippen LogP contribution is -2.28. The van der Waals surface area contributed by atoms with E-state index in [0.717, 1.165) is 0 Å². The fraction of sp³-hybridized carbons (Fsp3) is 0.278. The van der Waals surface area contributed by atoms with Gasteiger partial charge in [0, 0.05) is 30.6 Å². The van der Waals surface area contributed by atoms with Crippen LogP contribution in [0.3, 0.4) is 0 Å². The fourth-order valence-electron chi connectivity index (χ4n) is 2.78. The molecule has 1 aromatic carbocycles. The molecule has 0 radical (unpaired) electrons. The Kier molecular flexibility index (Phi) is 5.32. The summed E-state index contributed by atoms with van der Waals surface area (Å²) >= 11 is 1.37. The molecule has 6 nitrogen and oxygen atoms in total. The Morgan fingerprint density at radius 1 is 1.31 bits per heavy atom. The average molecular weight is 375 g/mol. The molecule has 1 fully saturated rings. The van der Waals surface area contributed by atoms with Crippen LogP contribution in [0.2, 0.25) is 0 Å². The van der Waals surface area contributed by atoms with E-state index >= 15 is 0 Å². The summed E-state index contributed by atoms with van der Waals surface area (Å²) in [6, 6.07) is 5.60. The lowest BCUT2D eigenvalue weighted by molar-refractivity contribution is -0.128. The van der Waals surface area contributed by atoms with Gasteiger partial charge in [0.1, 0.15) is 5.82 Å². The van der Waals surface area contributed by atoms with Crippen molar-refractivity contribution in [3.8, 4) is 0 Å². The number of benzene rings is 1. The van der Waals surface area contributed by atoms with E-state index in [4.69, 9.17) is 0 Å². The van der Waals surface area contributed by atoms with Crippen molar-refractivity contribution in [1.29, 1.82) is 0 Å². The average Bonchev–Trinajstić information content (AvgIpc) is 3.27. The molecule has 1 aliphatic rings. The summed E-state index contributed by atoms with van der Waals surface area (Å²) < 4.78 is 14.0. The zero-order valence-electron chi connectivity index (χ0n) is 14.1. The minimum atomic E-state index is -0.597. The molecule has 2 N–H and O–H groups in total. The molecule has 3 amide bonds. The van der Waals surface area contributed by atoms with Crippen molar-refractivity contribution < 1.29 is 18.8 Å². The normalized spacial score (nSPS) is 16.6. The highest BCUT2D eigenvalue weighted by molar-refractivity contribution is 7.08. The molecule has 1 saturated heterocycles. The van der Waals surface area contributed by atoms with E-state index in [1.54, 1.807) is 21.7 Å². The van der Waals surface area contributed by atoms with Crippen LogP contribution < -0.4 is 10.6 Å². The van der Waals surface area contributed by atoms with Gasteiger partial charge in [0.15, 0.2) is 0 Å². The Balaban J connectivity index is 1.68. The van der Waals surface area contributed by atoms with Crippen molar-refractivity contribution in [2.24, 2.45) is 5.92 Å². The molecular formula is C18H18FN3O3S. The summed E-state index contributed by atoms with van der Waals surface area (Å²) in [6.07, 6.45) is 0.169. The van der Waals surface area contributed by atoms with Crippen LogP contribution in [0.1, 0.15) is 23.7 Å². The molecule has 0 aliphatic carbocycles. The van der Waals surface area contributed by atoms with Crippen LogP contribution in [0.15, 0.2) is 35.0 Å². The van der Waals surface area contributed by atoms with Gasteiger partial charge in [0.25, 0.3) is 5.91 Å². The number of hydrogen-bond acceptors (Lipinski definition) is 4. The monoisotopic (exact) mass is 375 g/mol. The van der Waals surface area contributed by atoms with Gasteiger partial charge in [-0.3, -0.25) is 14.4 Å². The summed E-state index contributed by atoms with van der Waals surface area (Å²) in [5, 5.41) is 8.61. The zero-order chi connectivity index (χ0) is 18.7. The maximum absolute atomic E-state index is 14.0. The van der Waals surface area contributed by atoms with Gasteiger partial charge in [-0.25, -0.2) is 4.39 Å². The summed E-state index contributed by atoms with van der Waals surface area (Å²) in [6.45, 7) is 2.81. The van der Waals surface area contributed by atoms with E-state index in [-0.39, 0.29) is 23.9 Å². The summed E-state index contributed by atoms with van der Waals surface area (Å²) in [7, 11) is 0. The Morgan fingerprint density at radius 3 is 2.77 bits per heavy atom. The van der Waals surface area contributed by atoms with E-state index in [9.17, 15) is 18.8 Å². The number of carbonyl (C=O) groups is 3. The maximum Gasteiger partial charge on any atom is 0.256 e. The number of amides is 3. The van der Waals surface area contributed by atoms with Crippen molar-refractivity contribution in [3.05, 3.63) is 46.4 Å². The first kappa shape index (κ1) is 18.1. The predicted octanol–water partition coefficient (Wildman–Crippen LogP) is 2.95. The number of halogens is 1. The highest BCUT2D eigenvalue weighted by atomic mass is 32.1. The van der Waals surface area contributed by atoms with Crippen LogP contribution >= 0.6 is 11.3 Å². The molecule has 1 atom stereocenters. The second kappa shape index (κ2) is 7.65. The number of carbonyl (C=O) groups excluding carboxylic acids is 3. The smallest absolute Gasteiger partial charge is 0.256 e. The number of anilines is 2. The SMILES string of the molecule is CCN1C[C@H](C(=O)Nc2ccc(F)c(NC(=O)c3ccsc3)c2)CC1=O. The van der Waals surface area contributed by atoms with Gasteiger partial charge in [-0.05, 0) is 36.6 Å². The third-order valence-electron chi connectivity index (χ3n) is 4.23. The number of hydrogen-bond donors (Lipinski definition) is 2. The van der Waals surface area contributed by atoms with Gasteiger partial charge in [0.2, 0.25) is 11.8 Å². The van der Waals surface area contributed by atoms with Gasteiger partial charge in [0.05, 0.1) is 17.2 Å². The summed E-state index contributed by atoms with van der Waals surface area (Å²) in [4.78, 5) is 37.8. The second-order valence-corrected chi connectivity index (χ2v) is 6.76. The van der Waals surface area contributed by atoms with Crippen LogP contribution in [0, 0.1) is 11.7 Å². The molecule has 2 aromatic rings. The van der Waals surface area contributed by atoms with Crippen LogP contribution in [-0.2, 0) is 9.59 Å². The number of rotatable bonds is 5. The van der Waals surface area contributed by atoms with Crippen molar-refractivity contribution in [2.45, 2.75) is 13.3 Å². The van der Waals surface area contributed by atoms with Crippen molar-refractivity contribution >= 4 is 40.4 Å². The van der Waals surface area contributed by atoms with Crippen LogP contribution in [-0.4, -0.2) is 35.7 Å². The Hall–Kier alpha value is -2.74.